The van der Waals surface area contributed by atoms with Crippen molar-refractivity contribution in [1.29, 1.82) is 0 Å². The van der Waals surface area contributed by atoms with Crippen molar-refractivity contribution < 1.29 is 9.59 Å². The Labute approximate surface area is 178 Å². The van der Waals surface area contributed by atoms with Crippen molar-refractivity contribution in [3.8, 4) is 0 Å². The molecule has 2 aromatic rings. The van der Waals surface area contributed by atoms with E-state index in [0.717, 1.165) is 22.6 Å². The summed E-state index contributed by atoms with van der Waals surface area (Å²) in [4.78, 5) is 29.2. The van der Waals surface area contributed by atoms with Crippen LogP contribution in [0.4, 0.5) is 5.69 Å². The van der Waals surface area contributed by atoms with Crippen LogP contribution in [0.3, 0.4) is 0 Å². The highest BCUT2D eigenvalue weighted by atomic mass is 32.2. The number of para-hydroxylation sites is 1. The van der Waals surface area contributed by atoms with Gasteiger partial charge < -0.3 is 10.2 Å². The molecule has 3 rings (SSSR count). The Bertz CT molecular complexity index is 912. The maximum atomic E-state index is 13.5. The zero-order valence-corrected chi connectivity index (χ0v) is 18.7. The molecule has 5 heteroatoms. The summed E-state index contributed by atoms with van der Waals surface area (Å²) in [6.45, 7) is 10.5. The van der Waals surface area contributed by atoms with Gasteiger partial charge in [-0.2, -0.15) is 0 Å². The topological polar surface area (TPSA) is 49.4 Å². The lowest BCUT2D eigenvalue weighted by atomic mass is 10.0. The number of rotatable bonds is 6. The summed E-state index contributed by atoms with van der Waals surface area (Å²) in [6.07, 6.45) is 0.867. The molecule has 29 heavy (non-hydrogen) atoms. The zero-order valence-electron chi connectivity index (χ0n) is 17.9. The number of benzene rings is 2. The molecule has 0 aromatic heterocycles. The molecule has 0 fully saturated rings. The van der Waals surface area contributed by atoms with Crippen LogP contribution in [-0.2, 0) is 16.1 Å². The number of carbonyl (C=O) groups is 2. The summed E-state index contributed by atoms with van der Waals surface area (Å²) in [5, 5.41) is 2.60. The zero-order chi connectivity index (χ0) is 21.1. The smallest absolute Gasteiger partial charge is 0.241 e. The average Bonchev–Trinajstić information content (AvgIpc) is 2.71. The number of anilines is 1. The summed E-state index contributed by atoms with van der Waals surface area (Å²) in [5.74, 6) is -0.464. The third kappa shape index (κ3) is 4.67. The molecule has 1 aliphatic rings. The summed E-state index contributed by atoms with van der Waals surface area (Å²) < 4.78 is 0. The molecular weight excluding hydrogens is 380 g/mol. The van der Waals surface area contributed by atoms with Gasteiger partial charge in [-0.3, -0.25) is 9.59 Å². The maximum absolute atomic E-state index is 13.5. The van der Waals surface area contributed by atoms with Crippen LogP contribution < -0.4 is 10.2 Å². The summed E-state index contributed by atoms with van der Waals surface area (Å²) in [6, 6.07) is 14.4. The van der Waals surface area contributed by atoms with Gasteiger partial charge in [0.25, 0.3) is 0 Å². The normalized spacial score (nSPS) is 18.2. The van der Waals surface area contributed by atoms with Crippen molar-refractivity contribution in [2.75, 3.05) is 4.90 Å². The van der Waals surface area contributed by atoms with Crippen molar-refractivity contribution in [3.05, 3.63) is 59.2 Å². The third-order valence-corrected chi connectivity index (χ3v) is 7.08. The van der Waals surface area contributed by atoms with Gasteiger partial charge in [-0.25, -0.2) is 0 Å². The molecule has 1 aliphatic heterocycles. The van der Waals surface area contributed by atoms with Crippen LogP contribution in [0.2, 0.25) is 0 Å². The Hall–Kier alpha value is -2.27. The Morgan fingerprint density at radius 1 is 1.17 bits per heavy atom. The first-order chi connectivity index (χ1) is 13.8. The van der Waals surface area contributed by atoms with Gasteiger partial charge in [-0.15, -0.1) is 11.8 Å². The molecule has 2 aromatic carbocycles. The second kappa shape index (κ2) is 9.04. The molecular formula is C24H30N2O2S. The molecule has 4 nitrogen and oxygen atoms in total. The van der Waals surface area contributed by atoms with E-state index in [1.807, 2.05) is 49.9 Å². The molecule has 0 bridgehead atoms. The van der Waals surface area contributed by atoms with Gasteiger partial charge in [0.2, 0.25) is 11.8 Å². The van der Waals surface area contributed by atoms with E-state index in [-0.39, 0.29) is 17.9 Å². The minimum absolute atomic E-state index is 0.00130. The molecule has 1 heterocycles. The van der Waals surface area contributed by atoms with Gasteiger partial charge in [0.15, 0.2) is 0 Å². The van der Waals surface area contributed by atoms with Gasteiger partial charge in [0.05, 0.1) is 18.2 Å². The molecule has 0 radical (unpaired) electrons. The molecule has 3 atom stereocenters. The van der Waals surface area contributed by atoms with Crippen LogP contribution in [0.5, 0.6) is 0 Å². The van der Waals surface area contributed by atoms with E-state index >= 15 is 0 Å². The fourth-order valence-electron chi connectivity index (χ4n) is 3.47. The Kier molecular flexibility index (Phi) is 6.68. The van der Waals surface area contributed by atoms with Crippen molar-refractivity contribution in [1.82, 2.24) is 5.32 Å². The van der Waals surface area contributed by atoms with Crippen molar-refractivity contribution >= 4 is 29.3 Å². The average molecular weight is 411 g/mol. The minimum atomic E-state index is -0.431. The van der Waals surface area contributed by atoms with E-state index in [0.29, 0.717) is 6.54 Å². The number of fused-ring (bicyclic) bond motifs is 1. The maximum Gasteiger partial charge on any atom is 0.241 e. The van der Waals surface area contributed by atoms with Crippen LogP contribution in [-0.4, -0.2) is 23.1 Å². The summed E-state index contributed by atoms with van der Waals surface area (Å²) in [5.41, 5.74) is 4.40. The van der Waals surface area contributed by atoms with E-state index in [1.54, 1.807) is 0 Å². The molecule has 2 amide bonds. The van der Waals surface area contributed by atoms with Crippen molar-refractivity contribution in [3.63, 3.8) is 0 Å². The fraction of sp³-hybridized carbons (Fsp3) is 0.417. The molecule has 0 unspecified atom stereocenters. The second-order valence-corrected chi connectivity index (χ2v) is 9.15. The highest BCUT2D eigenvalue weighted by Crippen LogP contribution is 2.42. The molecule has 0 spiro atoms. The van der Waals surface area contributed by atoms with Crippen LogP contribution in [0.1, 0.15) is 43.9 Å². The number of aryl methyl sites for hydroxylation is 2. The number of thioether (sulfide) groups is 1. The van der Waals surface area contributed by atoms with E-state index in [2.05, 4.69) is 37.4 Å². The quantitative estimate of drug-likeness (QED) is 0.740. The number of amides is 2. The van der Waals surface area contributed by atoms with Gasteiger partial charge in [0.1, 0.15) is 5.25 Å². The van der Waals surface area contributed by atoms with Crippen molar-refractivity contribution in [2.24, 2.45) is 5.92 Å². The number of nitrogens with zero attached hydrogens (tertiary/aromatic N) is 1. The number of hydrogen-bond donors (Lipinski definition) is 1. The van der Waals surface area contributed by atoms with E-state index in [4.69, 9.17) is 0 Å². The standard InChI is InChI=1S/C24H30N2O2S/c1-6-17(4)25-23(27)18(5)22-24(28)26(20-9-7-8-10-21(20)29-22)14-19-13-15(2)11-12-16(19)3/h7-13,17-18,22H,6,14H2,1-5H3,(H,25,27)/t17-,18-,22-/m0/s1. The third-order valence-electron chi connectivity index (χ3n) is 5.62. The largest absolute Gasteiger partial charge is 0.353 e. The van der Waals surface area contributed by atoms with E-state index in [9.17, 15) is 9.59 Å². The highest BCUT2D eigenvalue weighted by Gasteiger charge is 2.39. The lowest BCUT2D eigenvalue weighted by Crippen LogP contribution is -2.48. The predicted octanol–water partition coefficient (Wildman–Crippen LogP) is 4.86. The summed E-state index contributed by atoms with van der Waals surface area (Å²) >= 11 is 1.51. The minimum Gasteiger partial charge on any atom is -0.353 e. The number of nitrogens with one attached hydrogen (secondary N) is 1. The lowest BCUT2D eigenvalue weighted by Gasteiger charge is -2.36. The number of carbonyl (C=O) groups excluding carboxylic acids is 2. The lowest BCUT2D eigenvalue weighted by molar-refractivity contribution is -0.128. The van der Waals surface area contributed by atoms with Gasteiger partial charge in [-0.05, 0) is 50.5 Å². The molecule has 0 saturated heterocycles. The van der Waals surface area contributed by atoms with Crippen molar-refractivity contribution in [2.45, 2.75) is 63.8 Å². The Morgan fingerprint density at radius 3 is 2.62 bits per heavy atom. The van der Waals surface area contributed by atoms with E-state index < -0.39 is 11.2 Å². The molecule has 1 N–H and O–H groups in total. The second-order valence-electron chi connectivity index (χ2n) is 7.97. The van der Waals surface area contributed by atoms with Crippen LogP contribution >= 0.6 is 11.8 Å². The number of hydrogen-bond acceptors (Lipinski definition) is 3. The van der Waals surface area contributed by atoms with Gasteiger partial charge in [0, 0.05) is 10.9 Å². The fourth-order valence-corrected chi connectivity index (χ4v) is 4.76. The molecule has 0 aliphatic carbocycles. The predicted molar refractivity (Wildman–Crippen MR) is 120 cm³/mol. The summed E-state index contributed by atoms with van der Waals surface area (Å²) in [7, 11) is 0. The monoisotopic (exact) mass is 410 g/mol. The van der Waals surface area contributed by atoms with Crippen LogP contribution in [0.25, 0.3) is 0 Å². The van der Waals surface area contributed by atoms with Crippen LogP contribution in [0.15, 0.2) is 47.4 Å². The molecule has 0 saturated carbocycles. The van der Waals surface area contributed by atoms with Crippen LogP contribution in [0, 0.1) is 19.8 Å². The Morgan fingerprint density at radius 2 is 1.90 bits per heavy atom. The van der Waals surface area contributed by atoms with E-state index in [1.165, 1.54) is 22.9 Å². The molecule has 154 valence electrons. The first-order valence-electron chi connectivity index (χ1n) is 10.2. The first kappa shape index (κ1) is 21.4. The van der Waals surface area contributed by atoms with Gasteiger partial charge >= 0.3 is 0 Å². The first-order valence-corrected chi connectivity index (χ1v) is 11.1. The highest BCUT2D eigenvalue weighted by molar-refractivity contribution is 8.01. The Balaban J connectivity index is 1.92. The van der Waals surface area contributed by atoms with Gasteiger partial charge in [-0.1, -0.05) is 49.7 Å². The SMILES string of the molecule is CC[C@H](C)NC(=O)[C@@H](C)[C@@H]1Sc2ccccc2N(Cc2cc(C)ccc2C)C1=O.